The minimum Gasteiger partial charge on any atom is -0.361 e. The van der Waals surface area contributed by atoms with Crippen LogP contribution < -0.4 is 10.6 Å². The lowest BCUT2D eigenvalue weighted by atomic mass is 10.2. The molecule has 0 saturated heterocycles. The van der Waals surface area contributed by atoms with Crippen molar-refractivity contribution >= 4 is 17.4 Å². The van der Waals surface area contributed by atoms with Gasteiger partial charge in [0.05, 0.1) is 11.5 Å². The van der Waals surface area contributed by atoms with E-state index in [1.54, 1.807) is 6.07 Å². The Hall–Kier alpha value is -2.69. The SMILES string of the molecule is CC(C)CNC(=O)CNc1ccc([N+](=O)[O-])c(C#N)n1. The first kappa shape index (κ1) is 15.4. The van der Waals surface area contributed by atoms with Crippen LogP contribution >= 0.6 is 0 Å². The van der Waals surface area contributed by atoms with Gasteiger partial charge in [0.15, 0.2) is 0 Å². The van der Waals surface area contributed by atoms with E-state index in [9.17, 15) is 14.9 Å². The average Bonchev–Trinajstić information content (AvgIpc) is 2.42. The lowest BCUT2D eigenvalue weighted by molar-refractivity contribution is -0.385. The van der Waals surface area contributed by atoms with E-state index in [0.717, 1.165) is 0 Å². The van der Waals surface area contributed by atoms with Crippen LogP contribution in [0.5, 0.6) is 0 Å². The van der Waals surface area contributed by atoms with E-state index in [1.807, 2.05) is 13.8 Å². The number of nitro groups is 1. The number of nitrogens with zero attached hydrogens (tertiary/aromatic N) is 3. The summed E-state index contributed by atoms with van der Waals surface area (Å²) in [5, 5.41) is 24.8. The van der Waals surface area contributed by atoms with Crippen LogP contribution in [-0.4, -0.2) is 28.9 Å². The standard InChI is InChI=1S/C12H15N5O3/c1-8(2)6-15-12(18)7-14-11-4-3-10(17(19)20)9(5-13)16-11/h3-4,8H,6-7H2,1-2H3,(H,14,16)(H,15,18). The minimum absolute atomic E-state index is 0.0115. The smallest absolute Gasteiger partial charge is 0.305 e. The average molecular weight is 277 g/mol. The predicted octanol–water partition coefficient (Wildman–Crippen LogP) is 1.05. The van der Waals surface area contributed by atoms with Crippen LogP contribution in [0.3, 0.4) is 0 Å². The summed E-state index contributed by atoms with van der Waals surface area (Å²) in [6, 6.07) is 4.19. The molecule has 0 aromatic carbocycles. The number of hydrogen-bond donors (Lipinski definition) is 2. The monoisotopic (exact) mass is 277 g/mol. The van der Waals surface area contributed by atoms with E-state index in [1.165, 1.54) is 12.1 Å². The van der Waals surface area contributed by atoms with Gasteiger partial charge in [0.2, 0.25) is 11.6 Å². The highest BCUT2D eigenvalue weighted by molar-refractivity contribution is 5.80. The van der Waals surface area contributed by atoms with Gasteiger partial charge in [-0.2, -0.15) is 5.26 Å². The molecule has 1 aromatic heterocycles. The number of aromatic nitrogens is 1. The minimum atomic E-state index is -0.676. The molecular weight excluding hydrogens is 262 g/mol. The molecule has 0 bridgehead atoms. The number of rotatable bonds is 6. The normalized spacial score (nSPS) is 9.90. The van der Waals surface area contributed by atoms with E-state index < -0.39 is 4.92 Å². The Bertz CT molecular complexity index is 551. The van der Waals surface area contributed by atoms with Crippen molar-refractivity contribution in [2.45, 2.75) is 13.8 Å². The third-order valence-corrected chi connectivity index (χ3v) is 2.31. The van der Waals surface area contributed by atoms with Gasteiger partial charge in [-0.15, -0.1) is 0 Å². The largest absolute Gasteiger partial charge is 0.361 e. The highest BCUT2D eigenvalue weighted by atomic mass is 16.6. The van der Waals surface area contributed by atoms with Gasteiger partial charge in [-0.1, -0.05) is 13.8 Å². The zero-order chi connectivity index (χ0) is 15.1. The van der Waals surface area contributed by atoms with Gasteiger partial charge in [-0.25, -0.2) is 4.98 Å². The van der Waals surface area contributed by atoms with Crippen LogP contribution in [-0.2, 0) is 4.79 Å². The number of carbonyl (C=O) groups excluding carboxylic acids is 1. The lowest BCUT2D eigenvalue weighted by Crippen LogP contribution is -2.32. The van der Waals surface area contributed by atoms with Crippen LogP contribution in [0.25, 0.3) is 0 Å². The number of anilines is 1. The first-order valence-electron chi connectivity index (χ1n) is 6.00. The van der Waals surface area contributed by atoms with Crippen molar-refractivity contribution in [1.82, 2.24) is 10.3 Å². The molecule has 0 aliphatic heterocycles. The van der Waals surface area contributed by atoms with Crippen molar-refractivity contribution in [3.05, 3.63) is 27.9 Å². The van der Waals surface area contributed by atoms with Crippen LogP contribution in [0.15, 0.2) is 12.1 Å². The number of pyridine rings is 1. The van der Waals surface area contributed by atoms with E-state index in [4.69, 9.17) is 5.26 Å². The Balaban J connectivity index is 2.64. The summed E-state index contributed by atoms with van der Waals surface area (Å²) in [6.45, 7) is 4.51. The molecule has 0 fully saturated rings. The van der Waals surface area contributed by atoms with Crippen LogP contribution in [0.4, 0.5) is 11.5 Å². The summed E-state index contributed by atoms with van der Waals surface area (Å²) in [4.78, 5) is 25.2. The maximum absolute atomic E-state index is 11.5. The highest BCUT2D eigenvalue weighted by Gasteiger charge is 2.15. The summed E-state index contributed by atoms with van der Waals surface area (Å²) in [5.74, 6) is 0.380. The summed E-state index contributed by atoms with van der Waals surface area (Å²) in [6.07, 6.45) is 0. The van der Waals surface area contributed by atoms with E-state index in [0.29, 0.717) is 12.5 Å². The Morgan fingerprint density at radius 1 is 1.55 bits per heavy atom. The van der Waals surface area contributed by atoms with Crippen molar-refractivity contribution in [1.29, 1.82) is 5.26 Å². The summed E-state index contributed by atoms with van der Waals surface area (Å²) < 4.78 is 0. The van der Waals surface area contributed by atoms with Gasteiger partial charge in [0, 0.05) is 12.6 Å². The van der Waals surface area contributed by atoms with Crippen LogP contribution in [0.2, 0.25) is 0 Å². The van der Waals surface area contributed by atoms with E-state index in [-0.39, 0.29) is 29.7 Å². The molecule has 20 heavy (non-hydrogen) atoms. The Kier molecular flexibility index (Phi) is 5.41. The van der Waals surface area contributed by atoms with E-state index in [2.05, 4.69) is 15.6 Å². The molecule has 1 heterocycles. The molecule has 0 saturated carbocycles. The summed E-state index contributed by atoms with van der Waals surface area (Å²) in [5.41, 5.74) is -0.648. The summed E-state index contributed by atoms with van der Waals surface area (Å²) in [7, 11) is 0. The van der Waals surface area contributed by atoms with E-state index >= 15 is 0 Å². The molecule has 1 rings (SSSR count). The molecule has 0 unspecified atom stereocenters. The Morgan fingerprint density at radius 3 is 2.80 bits per heavy atom. The molecule has 8 nitrogen and oxygen atoms in total. The third kappa shape index (κ3) is 4.53. The number of amides is 1. The van der Waals surface area contributed by atoms with Gasteiger partial charge in [0.1, 0.15) is 11.9 Å². The second-order valence-electron chi connectivity index (χ2n) is 4.48. The molecule has 0 aliphatic carbocycles. The fraction of sp³-hybridized carbons (Fsp3) is 0.417. The topological polar surface area (TPSA) is 121 Å². The molecule has 0 radical (unpaired) electrons. The molecule has 0 atom stereocenters. The molecular formula is C12H15N5O3. The molecule has 1 aromatic rings. The van der Waals surface area contributed by atoms with Crippen molar-refractivity contribution in [2.24, 2.45) is 5.92 Å². The maximum Gasteiger partial charge on any atom is 0.305 e. The van der Waals surface area contributed by atoms with Crippen molar-refractivity contribution < 1.29 is 9.72 Å². The third-order valence-electron chi connectivity index (χ3n) is 2.31. The maximum atomic E-state index is 11.5. The second-order valence-corrected chi connectivity index (χ2v) is 4.48. The fourth-order valence-corrected chi connectivity index (χ4v) is 1.33. The van der Waals surface area contributed by atoms with Crippen molar-refractivity contribution in [3.8, 4) is 6.07 Å². The second kappa shape index (κ2) is 7.04. The molecule has 0 spiro atoms. The Morgan fingerprint density at radius 2 is 2.25 bits per heavy atom. The molecule has 2 N–H and O–H groups in total. The Labute approximate surface area is 116 Å². The lowest BCUT2D eigenvalue weighted by Gasteiger charge is -2.09. The predicted molar refractivity (Wildman–Crippen MR) is 71.9 cm³/mol. The molecule has 0 aliphatic rings. The number of nitriles is 1. The first-order valence-corrected chi connectivity index (χ1v) is 6.00. The number of carbonyl (C=O) groups is 1. The zero-order valence-corrected chi connectivity index (χ0v) is 11.2. The highest BCUT2D eigenvalue weighted by Crippen LogP contribution is 2.17. The molecule has 106 valence electrons. The van der Waals surface area contributed by atoms with Gasteiger partial charge in [-0.05, 0) is 12.0 Å². The van der Waals surface area contributed by atoms with Crippen molar-refractivity contribution in [3.63, 3.8) is 0 Å². The quantitative estimate of drug-likeness (QED) is 0.592. The first-order chi connectivity index (χ1) is 9.43. The molecule has 1 amide bonds. The van der Waals surface area contributed by atoms with Gasteiger partial charge in [0.25, 0.3) is 0 Å². The fourth-order valence-electron chi connectivity index (χ4n) is 1.33. The van der Waals surface area contributed by atoms with Crippen LogP contribution in [0.1, 0.15) is 19.5 Å². The zero-order valence-electron chi connectivity index (χ0n) is 11.2. The number of hydrogen-bond acceptors (Lipinski definition) is 6. The van der Waals surface area contributed by atoms with Gasteiger partial charge >= 0.3 is 5.69 Å². The van der Waals surface area contributed by atoms with Crippen LogP contribution in [0, 0.1) is 27.4 Å². The van der Waals surface area contributed by atoms with Crippen molar-refractivity contribution in [2.75, 3.05) is 18.4 Å². The van der Waals surface area contributed by atoms with Gasteiger partial charge < -0.3 is 10.6 Å². The summed E-state index contributed by atoms with van der Waals surface area (Å²) >= 11 is 0. The number of nitrogens with one attached hydrogen (secondary N) is 2. The molecule has 8 heteroatoms. The van der Waals surface area contributed by atoms with Gasteiger partial charge in [-0.3, -0.25) is 14.9 Å².